The fourth-order valence-corrected chi connectivity index (χ4v) is 4.35. The zero-order valence-electron chi connectivity index (χ0n) is 13.3. The summed E-state index contributed by atoms with van der Waals surface area (Å²) in [6.07, 6.45) is 3.32. The molecule has 1 fully saturated rings. The number of H-pyrrole nitrogens is 1. The molecular weight excluding hydrogens is 366 g/mol. The SMILES string of the molecule is Brc1ccc2c(ccc3[nH]c(C4=NCC5(CCCOC5)C4)nc32)c1. The average molecular weight is 384 g/mol. The number of benzene rings is 2. The Morgan fingerprint density at radius 3 is 3.04 bits per heavy atom. The fraction of sp³-hybridized carbons (Fsp3) is 0.368. The lowest BCUT2D eigenvalue weighted by molar-refractivity contribution is 0.00541. The zero-order chi connectivity index (χ0) is 16.1. The van der Waals surface area contributed by atoms with Crippen molar-refractivity contribution >= 4 is 43.4 Å². The van der Waals surface area contributed by atoms with Gasteiger partial charge in [-0.1, -0.05) is 28.1 Å². The number of nitrogens with zero attached hydrogens (tertiary/aromatic N) is 2. The van der Waals surface area contributed by atoms with Crippen LogP contribution in [0.4, 0.5) is 0 Å². The number of nitrogens with one attached hydrogen (secondary N) is 1. The van der Waals surface area contributed by atoms with Crippen LogP contribution in [-0.4, -0.2) is 35.4 Å². The van der Waals surface area contributed by atoms with Crippen LogP contribution in [0.25, 0.3) is 21.8 Å². The smallest absolute Gasteiger partial charge is 0.152 e. The Morgan fingerprint density at radius 1 is 1.21 bits per heavy atom. The molecule has 0 aliphatic carbocycles. The van der Waals surface area contributed by atoms with Gasteiger partial charge < -0.3 is 9.72 Å². The van der Waals surface area contributed by atoms with Gasteiger partial charge in [-0.05, 0) is 36.4 Å². The second-order valence-corrected chi connectivity index (χ2v) is 7.92. The van der Waals surface area contributed by atoms with Crippen LogP contribution in [0.1, 0.15) is 25.1 Å². The third-order valence-corrected chi connectivity index (χ3v) is 5.75. The number of aromatic amines is 1. The molecule has 122 valence electrons. The number of aliphatic imine (C=N–C) groups is 1. The van der Waals surface area contributed by atoms with E-state index in [1.54, 1.807) is 0 Å². The Balaban J connectivity index is 1.55. The molecule has 5 rings (SSSR count). The first-order chi connectivity index (χ1) is 11.7. The highest BCUT2D eigenvalue weighted by atomic mass is 79.9. The van der Waals surface area contributed by atoms with Crippen molar-refractivity contribution in [2.24, 2.45) is 10.4 Å². The molecule has 1 spiro atoms. The summed E-state index contributed by atoms with van der Waals surface area (Å²) in [6.45, 7) is 2.59. The summed E-state index contributed by atoms with van der Waals surface area (Å²) in [7, 11) is 0. The topological polar surface area (TPSA) is 50.3 Å². The largest absolute Gasteiger partial charge is 0.381 e. The zero-order valence-corrected chi connectivity index (χ0v) is 14.9. The minimum absolute atomic E-state index is 0.208. The minimum atomic E-state index is 0.208. The van der Waals surface area contributed by atoms with Crippen LogP contribution in [0.3, 0.4) is 0 Å². The maximum atomic E-state index is 5.71. The molecule has 1 atom stereocenters. The number of ether oxygens (including phenoxy) is 1. The van der Waals surface area contributed by atoms with Crippen LogP contribution in [0, 0.1) is 5.41 Å². The van der Waals surface area contributed by atoms with Crippen LogP contribution in [0.15, 0.2) is 39.8 Å². The first kappa shape index (κ1) is 14.6. The first-order valence-corrected chi connectivity index (χ1v) is 9.21. The second-order valence-electron chi connectivity index (χ2n) is 7.01. The summed E-state index contributed by atoms with van der Waals surface area (Å²) < 4.78 is 6.80. The molecule has 0 saturated carbocycles. The van der Waals surface area contributed by atoms with Gasteiger partial charge in [0.05, 0.1) is 23.4 Å². The average Bonchev–Trinajstić information content (AvgIpc) is 3.20. The maximum absolute atomic E-state index is 5.71. The highest BCUT2D eigenvalue weighted by Crippen LogP contribution is 2.38. The third-order valence-electron chi connectivity index (χ3n) is 5.26. The van der Waals surface area contributed by atoms with Crippen molar-refractivity contribution in [2.45, 2.75) is 19.3 Å². The van der Waals surface area contributed by atoms with Gasteiger partial charge in [-0.3, -0.25) is 4.99 Å². The molecule has 3 heterocycles. The number of fused-ring (bicyclic) bond motifs is 3. The summed E-state index contributed by atoms with van der Waals surface area (Å²) in [6, 6.07) is 10.6. The molecule has 0 bridgehead atoms. The molecule has 2 aliphatic rings. The van der Waals surface area contributed by atoms with Gasteiger partial charge in [-0.2, -0.15) is 0 Å². The summed E-state index contributed by atoms with van der Waals surface area (Å²) in [5.41, 5.74) is 3.41. The van der Waals surface area contributed by atoms with Crippen molar-refractivity contribution in [2.75, 3.05) is 19.8 Å². The van der Waals surface area contributed by atoms with E-state index in [-0.39, 0.29) is 5.41 Å². The summed E-state index contributed by atoms with van der Waals surface area (Å²) in [4.78, 5) is 13.2. The number of aromatic nitrogens is 2. The summed E-state index contributed by atoms with van der Waals surface area (Å²) in [5.74, 6) is 0.919. The van der Waals surface area contributed by atoms with Gasteiger partial charge in [0.15, 0.2) is 5.82 Å². The van der Waals surface area contributed by atoms with Gasteiger partial charge in [-0.15, -0.1) is 0 Å². The van der Waals surface area contributed by atoms with Crippen molar-refractivity contribution in [3.63, 3.8) is 0 Å². The van der Waals surface area contributed by atoms with Gasteiger partial charge in [0.25, 0.3) is 0 Å². The molecule has 2 aromatic carbocycles. The van der Waals surface area contributed by atoms with E-state index in [4.69, 9.17) is 14.7 Å². The lowest BCUT2D eigenvalue weighted by atomic mass is 9.80. The van der Waals surface area contributed by atoms with Crippen molar-refractivity contribution in [3.8, 4) is 0 Å². The molecule has 0 amide bonds. The van der Waals surface area contributed by atoms with E-state index in [0.29, 0.717) is 0 Å². The van der Waals surface area contributed by atoms with Crippen molar-refractivity contribution in [1.29, 1.82) is 0 Å². The summed E-state index contributed by atoms with van der Waals surface area (Å²) in [5, 5.41) is 2.37. The highest BCUT2D eigenvalue weighted by molar-refractivity contribution is 9.10. The molecule has 1 saturated heterocycles. The van der Waals surface area contributed by atoms with Crippen LogP contribution >= 0.6 is 15.9 Å². The van der Waals surface area contributed by atoms with Gasteiger partial charge in [0.1, 0.15) is 0 Å². The quantitative estimate of drug-likeness (QED) is 0.673. The normalized spacial score (nSPS) is 24.1. The van der Waals surface area contributed by atoms with E-state index in [9.17, 15) is 0 Å². The predicted molar refractivity (Wildman–Crippen MR) is 99.8 cm³/mol. The van der Waals surface area contributed by atoms with Crippen molar-refractivity contribution in [1.82, 2.24) is 9.97 Å². The van der Waals surface area contributed by atoms with Gasteiger partial charge in [0, 0.05) is 34.8 Å². The highest BCUT2D eigenvalue weighted by Gasteiger charge is 2.39. The maximum Gasteiger partial charge on any atom is 0.152 e. The Labute approximate surface area is 148 Å². The van der Waals surface area contributed by atoms with Crippen molar-refractivity contribution in [3.05, 3.63) is 40.6 Å². The summed E-state index contributed by atoms with van der Waals surface area (Å²) >= 11 is 3.54. The molecule has 2 aliphatic heterocycles. The number of imidazole rings is 1. The van der Waals surface area contributed by atoms with Crippen LogP contribution < -0.4 is 0 Å². The van der Waals surface area contributed by atoms with E-state index >= 15 is 0 Å². The Kier molecular flexibility index (Phi) is 3.28. The molecule has 0 radical (unpaired) electrons. The number of rotatable bonds is 1. The van der Waals surface area contributed by atoms with Crippen molar-refractivity contribution < 1.29 is 4.74 Å². The van der Waals surface area contributed by atoms with Gasteiger partial charge >= 0.3 is 0 Å². The monoisotopic (exact) mass is 383 g/mol. The Morgan fingerprint density at radius 2 is 2.17 bits per heavy atom. The van der Waals surface area contributed by atoms with Crippen LogP contribution in [0.5, 0.6) is 0 Å². The Hall–Kier alpha value is -1.72. The molecule has 3 aromatic rings. The van der Waals surface area contributed by atoms with Crippen LogP contribution in [0.2, 0.25) is 0 Å². The molecule has 4 nitrogen and oxygen atoms in total. The molecular formula is C19H18BrN3O. The fourth-order valence-electron chi connectivity index (χ4n) is 3.97. The lowest BCUT2D eigenvalue weighted by Crippen LogP contribution is -2.33. The van der Waals surface area contributed by atoms with Gasteiger partial charge in [-0.25, -0.2) is 4.98 Å². The van der Waals surface area contributed by atoms with E-state index < -0.39 is 0 Å². The van der Waals surface area contributed by atoms with Gasteiger partial charge in [0.2, 0.25) is 0 Å². The predicted octanol–water partition coefficient (Wildman–Crippen LogP) is 4.47. The number of hydrogen-bond donors (Lipinski definition) is 1. The second kappa shape index (κ2) is 5.39. The molecule has 5 heteroatoms. The number of hydrogen-bond acceptors (Lipinski definition) is 3. The first-order valence-electron chi connectivity index (χ1n) is 8.42. The van der Waals surface area contributed by atoms with E-state index in [2.05, 4.69) is 51.2 Å². The van der Waals surface area contributed by atoms with Crippen LogP contribution in [-0.2, 0) is 4.74 Å². The third kappa shape index (κ3) is 2.30. The minimum Gasteiger partial charge on any atom is -0.381 e. The van der Waals surface area contributed by atoms with E-state index in [0.717, 1.165) is 59.6 Å². The molecule has 1 aromatic heterocycles. The Bertz CT molecular complexity index is 969. The standard InChI is InChI=1S/C19H18BrN3O/c20-13-3-4-14-12(8-13)2-5-15-17(14)23-18(22-15)16-9-19(10-21-16)6-1-7-24-11-19/h2-5,8H,1,6-7,9-11H2,(H,22,23). The van der Waals surface area contributed by atoms with E-state index in [1.165, 1.54) is 17.2 Å². The molecule has 24 heavy (non-hydrogen) atoms. The van der Waals surface area contributed by atoms with E-state index in [1.807, 2.05) is 0 Å². The molecule has 1 N–H and O–H groups in total. The molecule has 1 unspecified atom stereocenters. The lowest BCUT2D eigenvalue weighted by Gasteiger charge is -2.31. The number of halogens is 1.